The van der Waals surface area contributed by atoms with Crippen molar-refractivity contribution in [2.45, 2.75) is 39.0 Å². The predicted molar refractivity (Wildman–Crippen MR) is 106 cm³/mol. The maximum atomic E-state index is 13.7. The third kappa shape index (κ3) is 3.66. The zero-order chi connectivity index (χ0) is 18.8. The second-order valence-corrected chi connectivity index (χ2v) is 7.68. The maximum absolute atomic E-state index is 13.7. The van der Waals surface area contributed by atoms with Gasteiger partial charge in [-0.2, -0.15) is 4.52 Å². The first-order valence-electron chi connectivity index (χ1n) is 9.36. The number of nitrogens with one attached hydrogen (secondary N) is 1. The molecule has 0 radical (unpaired) electrons. The number of halogens is 1. The molecule has 4 rings (SSSR count). The van der Waals surface area contributed by atoms with Gasteiger partial charge in [-0.15, -0.1) is 5.10 Å². The Kier molecular flexibility index (Phi) is 5.07. The van der Waals surface area contributed by atoms with Gasteiger partial charge in [0.05, 0.1) is 0 Å². The Balaban J connectivity index is 1.77. The van der Waals surface area contributed by atoms with Crippen LogP contribution < -0.4 is 10.2 Å². The predicted octanol–water partition coefficient (Wildman–Crippen LogP) is 4.33. The molecule has 27 heavy (non-hydrogen) atoms. The minimum Gasteiger partial charge on any atom is -0.347 e. The number of imidazole rings is 1. The lowest BCUT2D eigenvalue weighted by molar-refractivity contribution is -0.116. The van der Waals surface area contributed by atoms with Crippen LogP contribution in [0.15, 0.2) is 24.3 Å². The number of hydrogen-bond donors (Lipinski definition) is 1. The number of aromatic nitrogens is 3. The highest BCUT2D eigenvalue weighted by Crippen LogP contribution is 2.34. The van der Waals surface area contributed by atoms with Crippen molar-refractivity contribution in [3.8, 4) is 11.3 Å². The molecule has 3 heterocycles. The molecule has 0 saturated carbocycles. The molecule has 1 aliphatic heterocycles. The van der Waals surface area contributed by atoms with Crippen LogP contribution in [0.1, 0.15) is 39.0 Å². The van der Waals surface area contributed by atoms with Crippen molar-refractivity contribution in [2.24, 2.45) is 0 Å². The van der Waals surface area contributed by atoms with Crippen molar-refractivity contribution in [1.82, 2.24) is 14.6 Å². The van der Waals surface area contributed by atoms with Crippen LogP contribution in [0.2, 0.25) is 0 Å². The Morgan fingerprint density at radius 3 is 2.85 bits per heavy atom. The van der Waals surface area contributed by atoms with E-state index < -0.39 is 0 Å². The van der Waals surface area contributed by atoms with Crippen molar-refractivity contribution in [1.29, 1.82) is 0 Å². The summed E-state index contributed by atoms with van der Waals surface area (Å²) in [5, 5.41) is 8.55. The first-order valence-corrected chi connectivity index (χ1v) is 10.2. The van der Waals surface area contributed by atoms with E-state index in [2.05, 4.69) is 15.2 Å². The zero-order valence-electron chi connectivity index (χ0n) is 15.2. The van der Waals surface area contributed by atoms with Crippen molar-refractivity contribution in [3.63, 3.8) is 0 Å². The third-order valence-corrected chi connectivity index (χ3v) is 5.62. The minimum atomic E-state index is -0.336. The fourth-order valence-corrected chi connectivity index (χ4v) is 4.28. The van der Waals surface area contributed by atoms with Gasteiger partial charge in [-0.3, -0.25) is 4.79 Å². The van der Waals surface area contributed by atoms with Crippen LogP contribution in [0.25, 0.3) is 16.2 Å². The average molecular weight is 387 g/mol. The number of piperidine rings is 1. The van der Waals surface area contributed by atoms with Crippen molar-refractivity contribution >= 4 is 33.2 Å². The second kappa shape index (κ2) is 7.64. The molecule has 2 aromatic heterocycles. The molecule has 8 heteroatoms. The highest BCUT2D eigenvalue weighted by atomic mass is 32.1. The fraction of sp³-hybridized carbons (Fsp3) is 0.421. The van der Waals surface area contributed by atoms with Gasteiger partial charge in [-0.1, -0.05) is 30.4 Å². The monoisotopic (exact) mass is 387 g/mol. The van der Waals surface area contributed by atoms with Crippen LogP contribution in [-0.4, -0.2) is 33.6 Å². The molecule has 0 aliphatic carbocycles. The molecule has 6 nitrogen and oxygen atoms in total. The van der Waals surface area contributed by atoms with Gasteiger partial charge in [0.2, 0.25) is 16.0 Å². The van der Waals surface area contributed by atoms with Crippen LogP contribution in [-0.2, 0) is 4.79 Å². The van der Waals surface area contributed by atoms with E-state index in [1.54, 1.807) is 16.6 Å². The van der Waals surface area contributed by atoms with Crippen LogP contribution in [0, 0.1) is 5.82 Å². The normalized spacial score (nSPS) is 14.7. The van der Waals surface area contributed by atoms with Crippen molar-refractivity contribution in [3.05, 3.63) is 30.1 Å². The average Bonchev–Trinajstić information content (AvgIpc) is 3.22. The standard InChI is InChI=1S/C19H22FN5OS/c1-2-7-15(26)21-17-16(13-8-6-9-14(20)12-13)22-18-25(17)23-19(27-18)24-10-4-3-5-11-24/h6,8-9,12H,2-5,7,10-11H2,1H3,(H,21,26). The summed E-state index contributed by atoms with van der Waals surface area (Å²) < 4.78 is 15.4. The topological polar surface area (TPSA) is 62.5 Å². The number of hydrogen-bond acceptors (Lipinski definition) is 5. The van der Waals surface area contributed by atoms with Crippen LogP contribution >= 0.6 is 11.3 Å². The Bertz CT molecular complexity index is 960. The Morgan fingerprint density at radius 2 is 2.11 bits per heavy atom. The SMILES string of the molecule is CCCC(=O)Nc1c(-c2cccc(F)c2)nc2sc(N3CCCCC3)nn12. The summed E-state index contributed by atoms with van der Waals surface area (Å²) in [5.74, 6) is 0.0784. The van der Waals surface area contributed by atoms with Crippen LogP contribution in [0.3, 0.4) is 0 Å². The van der Waals surface area contributed by atoms with E-state index in [0.717, 1.165) is 37.5 Å². The summed E-state index contributed by atoms with van der Waals surface area (Å²) >= 11 is 1.50. The van der Waals surface area contributed by atoms with Gasteiger partial charge in [-0.05, 0) is 37.8 Å². The summed E-state index contributed by atoms with van der Waals surface area (Å²) in [6, 6.07) is 6.25. The number of carbonyl (C=O) groups is 1. The number of carbonyl (C=O) groups excluding carboxylic acids is 1. The van der Waals surface area contributed by atoms with Gasteiger partial charge in [0.1, 0.15) is 11.5 Å². The molecule has 1 N–H and O–H groups in total. The largest absolute Gasteiger partial charge is 0.347 e. The Hall–Kier alpha value is -2.48. The number of nitrogens with zero attached hydrogens (tertiary/aromatic N) is 4. The van der Waals surface area contributed by atoms with Gasteiger partial charge in [0.25, 0.3) is 0 Å². The summed E-state index contributed by atoms with van der Waals surface area (Å²) in [4.78, 5) is 19.9. The summed E-state index contributed by atoms with van der Waals surface area (Å²) in [5.41, 5.74) is 1.17. The van der Waals surface area contributed by atoms with Gasteiger partial charge < -0.3 is 10.2 Å². The van der Waals surface area contributed by atoms with E-state index in [0.29, 0.717) is 28.5 Å². The Labute approximate surface area is 161 Å². The second-order valence-electron chi connectivity index (χ2n) is 6.74. The number of anilines is 2. The molecule has 0 spiro atoms. The Morgan fingerprint density at radius 1 is 1.30 bits per heavy atom. The molecule has 1 aliphatic rings. The lowest BCUT2D eigenvalue weighted by Crippen LogP contribution is -2.29. The van der Waals surface area contributed by atoms with E-state index in [-0.39, 0.29) is 11.7 Å². The molecule has 0 bridgehead atoms. The molecule has 1 fully saturated rings. The third-order valence-electron chi connectivity index (χ3n) is 4.65. The molecule has 3 aromatic rings. The highest BCUT2D eigenvalue weighted by molar-refractivity contribution is 7.20. The molecule has 0 unspecified atom stereocenters. The molecule has 1 amide bonds. The first-order chi connectivity index (χ1) is 13.2. The zero-order valence-corrected chi connectivity index (χ0v) is 16.1. The van der Waals surface area contributed by atoms with Crippen LogP contribution in [0.4, 0.5) is 15.3 Å². The fourth-order valence-electron chi connectivity index (χ4n) is 3.32. The molecular formula is C19H22FN5OS. The summed E-state index contributed by atoms with van der Waals surface area (Å²) in [6.07, 6.45) is 4.74. The van der Waals surface area contributed by atoms with Crippen LogP contribution in [0.5, 0.6) is 0 Å². The van der Waals surface area contributed by atoms with Crippen molar-refractivity contribution in [2.75, 3.05) is 23.3 Å². The van der Waals surface area contributed by atoms with E-state index in [1.807, 2.05) is 6.92 Å². The van der Waals surface area contributed by atoms with Gasteiger partial charge in [0.15, 0.2) is 5.82 Å². The summed E-state index contributed by atoms with van der Waals surface area (Å²) in [6.45, 7) is 3.94. The molecule has 142 valence electrons. The quantitative estimate of drug-likeness (QED) is 0.708. The number of benzene rings is 1. The van der Waals surface area contributed by atoms with Gasteiger partial charge >= 0.3 is 0 Å². The number of amides is 1. The highest BCUT2D eigenvalue weighted by Gasteiger charge is 2.22. The van der Waals surface area contributed by atoms with Crippen molar-refractivity contribution < 1.29 is 9.18 Å². The molecule has 0 atom stereocenters. The molecular weight excluding hydrogens is 365 g/mol. The summed E-state index contributed by atoms with van der Waals surface area (Å²) in [7, 11) is 0. The lowest BCUT2D eigenvalue weighted by Gasteiger charge is -2.25. The van der Waals surface area contributed by atoms with E-state index >= 15 is 0 Å². The van der Waals surface area contributed by atoms with Gasteiger partial charge in [-0.25, -0.2) is 9.37 Å². The molecule has 1 saturated heterocycles. The first kappa shape index (κ1) is 17.9. The smallest absolute Gasteiger partial charge is 0.225 e. The number of rotatable bonds is 5. The maximum Gasteiger partial charge on any atom is 0.225 e. The van der Waals surface area contributed by atoms with Gasteiger partial charge in [0, 0.05) is 25.1 Å². The minimum absolute atomic E-state index is 0.0931. The van der Waals surface area contributed by atoms with E-state index in [1.165, 1.54) is 29.9 Å². The van der Waals surface area contributed by atoms with E-state index in [9.17, 15) is 9.18 Å². The number of fused-ring (bicyclic) bond motifs is 1. The lowest BCUT2D eigenvalue weighted by atomic mass is 10.1. The van der Waals surface area contributed by atoms with E-state index in [4.69, 9.17) is 5.10 Å². The molecule has 1 aromatic carbocycles.